The minimum atomic E-state index is -0.903. The fourth-order valence-corrected chi connectivity index (χ4v) is 5.39. The summed E-state index contributed by atoms with van der Waals surface area (Å²) in [4.78, 5) is 62.3. The number of nitrogens with one attached hydrogen (secondary N) is 2. The second-order valence-electron chi connectivity index (χ2n) is 11.3. The number of amides is 4. The first-order chi connectivity index (χ1) is 20.8. The summed E-state index contributed by atoms with van der Waals surface area (Å²) in [6.07, 6.45) is 8.32. The van der Waals surface area contributed by atoms with Gasteiger partial charge in [0.1, 0.15) is 30.7 Å². The number of hydrogen-bond donors (Lipinski definition) is 2. The quantitative estimate of drug-likeness (QED) is 0.282. The Labute approximate surface area is 245 Å². The maximum absolute atomic E-state index is 13.6. The van der Waals surface area contributed by atoms with Crippen molar-refractivity contribution < 1.29 is 18.8 Å². The third kappa shape index (κ3) is 5.24. The minimum Gasteiger partial charge on any atom is -0.364 e. The van der Waals surface area contributed by atoms with E-state index in [1.54, 1.807) is 18.3 Å². The van der Waals surface area contributed by atoms with Crippen LogP contribution in [0.4, 0.5) is 26.5 Å². The van der Waals surface area contributed by atoms with Gasteiger partial charge in [-0.1, -0.05) is 0 Å². The van der Waals surface area contributed by atoms with Gasteiger partial charge in [-0.25, -0.2) is 34.1 Å². The first-order valence-corrected chi connectivity index (χ1v) is 14.1. The van der Waals surface area contributed by atoms with Crippen molar-refractivity contribution in [3.63, 3.8) is 0 Å². The molecule has 0 bridgehead atoms. The first kappa shape index (κ1) is 26.9. The number of aromatic nitrogens is 6. The number of aryl methyl sites for hydroxylation is 1. The number of pyridine rings is 1. The summed E-state index contributed by atoms with van der Waals surface area (Å²) in [5.74, 6) is 0.659. The summed E-state index contributed by atoms with van der Waals surface area (Å²) in [6.45, 7) is 1.17. The number of rotatable bonds is 9. The number of alkyl halides is 1. The van der Waals surface area contributed by atoms with E-state index in [1.807, 2.05) is 29.8 Å². The van der Waals surface area contributed by atoms with Crippen molar-refractivity contribution in [3.05, 3.63) is 65.4 Å². The third-order valence-electron chi connectivity index (χ3n) is 7.99. The summed E-state index contributed by atoms with van der Waals surface area (Å²) < 4.78 is 15.5. The molecule has 0 spiro atoms. The van der Waals surface area contributed by atoms with Gasteiger partial charge in [-0.15, -0.1) is 0 Å². The SMILES string of the molecule is Cc1ccnc([C@H]2C[C@@H]2C(=O)Nc2cc(NCc3cn4cc(C5CC5)cc(N5CC(=O)N(C)C5=O)c4n3)nc(CF)n2)n1. The van der Waals surface area contributed by atoms with Gasteiger partial charge in [0.15, 0.2) is 11.5 Å². The summed E-state index contributed by atoms with van der Waals surface area (Å²) in [5.41, 5.74) is 3.71. The highest BCUT2D eigenvalue weighted by atomic mass is 19.1. The van der Waals surface area contributed by atoms with Gasteiger partial charge in [0.05, 0.1) is 17.9 Å². The molecule has 1 saturated heterocycles. The molecule has 2 aliphatic carbocycles. The van der Waals surface area contributed by atoms with Crippen molar-refractivity contribution >= 4 is 40.8 Å². The fourth-order valence-electron chi connectivity index (χ4n) is 5.39. The molecule has 4 aromatic rings. The molecule has 220 valence electrons. The van der Waals surface area contributed by atoms with Crippen molar-refractivity contribution in [2.24, 2.45) is 5.92 Å². The van der Waals surface area contributed by atoms with E-state index in [0.29, 0.717) is 41.0 Å². The molecule has 1 aliphatic heterocycles. The lowest BCUT2D eigenvalue weighted by atomic mass is 10.1. The van der Waals surface area contributed by atoms with Crippen molar-refractivity contribution in [1.29, 1.82) is 0 Å². The second-order valence-corrected chi connectivity index (χ2v) is 11.3. The largest absolute Gasteiger partial charge is 0.364 e. The number of nitrogens with zero attached hydrogens (tertiary/aromatic N) is 8. The van der Waals surface area contributed by atoms with Gasteiger partial charge < -0.3 is 15.0 Å². The molecule has 3 aliphatic rings. The van der Waals surface area contributed by atoms with Crippen molar-refractivity contribution in [1.82, 2.24) is 34.2 Å². The fraction of sp³-hybridized carbons (Fsp3) is 0.379. The van der Waals surface area contributed by atoms with Gasteiger partial charge >= 0.3 is 6.03 Å². The predicted molar refractivity (Wildman–Crippen MR) is 153 cm³/mol. The van der Waals surface area contributed by atoms with Crippen LogP contribution in [0.2, 0.25) is 0 Å². The molecule has 2 saturated carbocycles. The molecule has 14 heteroatoms. The summed E-state index contributed by atoms with van der Waals surface area (Å²) in [6, 6.07) is 4.92. The summed E-state index contributed by atoms with van der Waals surface area (Å²) in [5, 5.41) is 5.93. The van der Waals surface area contributed by atoms with Gasteiger partial charge in [-0.3, -0.25) is 19.4 Å². The Kier molecular flexibility index (Phi) is 6.47. The molecule has 13 nitrogen and oxygen atoms in total. The smallest absolute Gasteiger partial charge is 0.331 e. The van der Waals surface area contributed by atoms with Gasteiger partial charge in [-0.2, -0.15) is 0 Å². The standard InChI is InChI=1S/C29H29FN10O3/c1-15-5-6-31-26(33-15)19-8-20(19)28(42)37-23-9-22(35-24(10-30)36-23)32-11-18-13-39-12-17(16-3-4-16)7-21(27(39)34-18)40-14-25(41)38(2)29(40)43/h5-7,9,12-13,16,19-20H,3-4,8,10-11,14H2,1-2H3,(H2,32,35,36,37,42)/t19-,20-/m0/s1. The highest BCUT2D eigenvalue weighted by Gasteiger charge is 2.46. The lowest BCUT2D eigenvalue weighted by molar-refractivity contribution is -0.124. The van der Waals surface area contributed by atoms with Crippen LogP contribution in [-0.2, 0) is 22.8 Å². The normalized spacial score (nSPS) is 19.8. The van der Waals surface area contributed by atoms with Crippen molar-refractivity contribution in [2.45, 2.75) is 51.2 Å². The lowest BCUT2D eigenvalue weighted by Crippen LogP contribution is -2.30. The highest BCUT2D eigenvalue weighted by molar-refractivity contribution is 6.13. The number of anilines is 3. The number of fused-ring (bicyclic) bond motifs is 1. The maximum atomic E-state index is 13.6. The Morgan fingerprint density at radius 3 is 2.63 bits per heavy atom. The van der Waals surface area contributed by atoms with Crippen molar-refractivity contribution in [2.75, 3.05) is 29.1 Å². The Hall–Kier alpha value is -5.01. The predicted octanol–water partition coefficient (Wildman–Crippen LogP) is 3.32. The van der Waals surface area contributed by atoms with Gasteiger partial charge in [0.25, 0.3) is 0 Å². The van der Waals surface area contributed by atoms with Crippen molar-refractivity contribution in [3.8, 4) is 0 Å². The van der Waals surface area contributed by atoms with E-state index in [2.05, 4.69) is 30.6 Å². The zero-order valence-electron chi connectivity index (χ0n) is 23.6. The van der Waals surface area contributed by atoms with E-state index < -0.39 is 6.67 Å². The number of likely N-dealkylation sites (N-methyl/N-ethyl adjacent to an activating group) is 1. The number of carbonyl (C=O) groups excluding carboxylic acids is 3. The van der Waals surface area contributed by atoms with Crippen LogP contribution < -0.4 is 15.5 Å². The van der Waals surface area contributed by atoms with Gasteiger partial charge in [0, 0.05) is 49.2 Å². The minimum absolute atomic E-state index is 0.0411. The summed E-state index contributed by atoms with van der Waals surface area (Å²) >= 11 is 0. The van der Waals surface area contributed by atoms with Crippen LogP contribution in [0.25, 0.3) is 5.65 Å². The molecule has 4 amide bonds. The molecule has 2 N–H and O–H groups in total. The van der Waals surface area contributed by atoms with Crippen LogP contribution >= 0.6 is 0 Å². The Balaban J connectivity index is 1.09. The molecule has 2 atom stereocenters. The van der Waals surface area contributed by atoms with Crippen LogP contribution in [0.1, 0.15) is 59.7 Å². The zero-order chi connectivity index (χ0) is 29.8. The molecule has 0 unspecified atom stereocenters. The van der Waals surface area contributed by atoms with E-state index in [0.717, 1.165) is 29.0 Å². The Morgan fingerprint density at radius 2 is 1.91 bits per heavy atom. The number of urea groups is 1. The van der Waals surface area contributed by atoms with E-state index in [-0.39, 0.29) is 54.4 Å². The maximum Gasteiger partial charge on any atom is 0.331 e. The van der Waals surface area contributed by atoms with E-state index in [9.17, 15) is 18.8 Å². The first-order valence-electron chi connectivity index (χ1n) is 14.1. The summed E-state index contributed by atoms with van der Waals surface area (Å²) in [7, 11) is 1.47. The molecule has 5 heterocycles. The van der Waals surface area contributed by atoms with Crippen LogP contribution in [0.15, 0.2) is 36.8 Å². The number of hydrogen-bond acceptors (Lipinski definition) is 9. The van der Waals surface area contributed by atoms with Crippen LogP contribution in [0.5, 0.6) is 0 Å². The van der Waals surface area contributed by atoms with E-state index in [1.165, 1.54) is 11.9 Å². The molecule has 43 heavy (non-hydrogen) atoms. The average molecular weight is 585 g/mol. The molecule has 4 aromatic heterocycles. The number of imide groups is 1. The lowest BCUT2D eigenvalue weighted by Gasteiger charge is -2.17. The number of carbonyl (C=O) groups is 3. The molecule has 7 rings (SSSR count). The van der Waals surface area contributed by atoms with Crippen LogP contribution in [-0.4, -0.2) is 65.7 Å². The molecule has 3 fully saturated rings. The van der Waals surface area contributed by atoms with Crippen LogP contribution in [0, 0.1) is 12.8 Å². The molecule has 0 radical (unpaired) electrons. The van der Waals surface area contributed by atoms with E-state index >= 15 is 0 Å². The molecular formula is C29H29FN10O3. The third-order valence-corrected chi connectivity index (χ3v) is 7.99. The number of halogens is 1. The molecular weight excluding hydrogens is 555 g/mol. The highest BCUT2D eigenvalue weighted by Crippen LogP contribution is 2.46. The average Bonchev–Trinajstić information content (AvgIpc) is 3.93. The van der Waals surface area contributed by atoms with E-state index in [4.69, 9.17) is 4.98 Å². The topological polar surface area (TPSA) is 151 Å². The van der Waals surface area contributed by atoms with Gasteiger partial charge in [-0.05, 0) is 49.8 Å². The second kappa shape index (κ2) is 10.4. The zero-order valence-corrected chi connectivity index (χ0v) is 23.6. The monoisotopic (exact) mass is 584 g/mol. The molecule has 0 aromatic carbocycles. The van der Waals surface area contributed by atoms with Gasteiger partial charge in [0.2, 0.25) is 11.8 Å². The van der Waals surface area contributed by atoms with Crippen LogP contribution in [0.3, 0.4) is 0 Å². The Bertz CT molecular complexity index is 1790. The Morgan fingerprint density at radius 1 is 1.09 bits per heavy atom. The number of imidazole rings is 1.